The van der Waals surface area contributed by atoms with E-state index in [4.69, 9.17) is 27.9 Å². The highest BCUT2D eigenvalue weighted by molar-refractivity contribution is 6.35. The van der Waals surface area contributed by atoms with Gasteiger partial charge in [0, 0.05) is 26.5 Å². The number of fused-ring (bicyclic) bond motifs is 1. The minimum absolute atomic E-state index is 0.0148. The van der Waals surface area contributed by atoms with Crippen molar-refractivity contribution in [1.29, 1.82) is 0 Å². The SMILES string of the molecule is CCCCOc1ccc(NC(=O)C2(c3ccc(Cl)cc3Cl)CCCC2)c2ccccc12. The molecule has 0 heterocycles. The molecule has 0 aliphatic heterocycles. The topological polar surface area (TPSA) is 38.3 Å². The average molecular weight is 456 g/mol. The fraction of sp³-hybridized carbons (Fsp3) is 0.346. The molecule has 0 radical (unpaired) electrons. The van der Waals surface area contributed by atoms with E-state index in [1.807, 2.05) is 48.5 Å². The molecular formula is C26H27Cl2NO2. The monoisotopic (exact) mass is 455 g/mol. The second-order valence-corrected chi connectivity index (χ2v) is 9.07. The molecule has 1 aliphatic rings. The normalized spacial score (nSPS) is 15.2. The summed E-state index contributed by atoms with van der Waals surface area (Å²) in [6.07, 6.45) is 5.64. The summed E-state index contributed by atoms with van der Waals surface area (Å²) in [6.45, 7) is 2.83. The van der Waals surface area contributed by atoms with Gasteiger partial charge >= 0.3 is 0 Å². The lowest BCUT2D eigenvalue weighted by atomic mass is 9.77. The molecule has 1 saturated carbocycles. The van der Waals surface area contributed by atoms with Crippen molar-refractivity contribution in [2.45, 2.75) is 50.9 Å². The summed E-state index contributed by atoms with van der Waals surface area (Å²) in [6, 6.07) is 17.4. The lowest BCUT2D eigenvalue weighted by Crippen LogP contribution is -2.38. The van der Waals surface area contributed by atoms with E-state index in [0.29, 0.717) is 16.7 Å². The fourth-order valence-corrected chi connectivity index (χ4v) is 5.14. The summed E-state index contributed by atoms with van der Waals surface area (Å²) in [5.41, 5.74) is 1.01. The van der Waals surface area contributed by atoms with Crippen molar-refractivity contribution >= 4 is 45.6 Å². The predicted molar refractivity (Wildman–Crippen MR) is 130 cm³/mol. The number of ether oxygens (including phenoxy) is 1. The number of hydrogen-bond donors (Lipinski definition) is 1. The van der Waals surface area contributed by atoms with Crippen molar-refractivity contribution in [3.8, 4) is 5.75 Å². The van der Waals surface area contributed by atoms with E-state index in [-0.39, 0.29) is 5.91 Å². The van der Waals surface area contributed by atoms with E-state index in [0.717, 1.165) is 66.3 Å². The van der Waals surface area contributed by atoms with Crippen molar-refractivity contribution in [2.75, 3.05) is 11.9 Å². The number of carbonyl (C=O) groups excluding carboxylic acids is 1. The van der Waals surface area contributed by atoms with E-state index in [1.54, 1.807) is 6.07 Å². The quantitative estimate of drug-likeness (QED) is 0.369. The number of rotatable bonds is 7. The highest BCUT2D eigenvalue weighted by Gasteiger charge is 2.44. The number of halogens is 2. The molecule has 0 unspecified atom stereocenters. The van der Waals surface area contributed by atoms with Gasteiger partial charge in [-0.25, -0.2) is 0 Å². The van der Waals surface area contributed by atoms with Crippen LogP contribution in [0.5, 0.6) is 5.75 Å². The van der Waals surface area contributed by atoms with Crippen LogP contribution < -0.4 is 10.1 Å². The first kappa shape index (κ1) is 22.0. The van der Waals surface area contributed by atoms with Crippen LogP contribution in [0.25, 0.3) is 10.8 Å². The van der Waals surface area contributed by atoms with Crippen LogP contribution in [0.4, 0.5) is 5.69 Å². The third-order valence-corrected chi connectivity index (χ3v) is 6.77. The zero-order valence-electron chi connectivity index (χ0n) is 17.7. The fourth-order valence-electron chi connectivity index (χ4n) is 4.55. The third-order valence-electron chi connectivity index (χ3n) is 6.23. The zero-order chi connectivity index (χ0) is 21.8. The summed E-state index contributed by atoms with van der Waals surface area (Å²) < 4.78 is 5.99. The van der Waals surface area contributed by atoms with E-state index >= 15 is 0 Å². The number of carbonyl (C=O) groups is 1. The molecule has 162 valence electrons. The van der Waals surface area contributed by atoms with Crippen LogP contribution in [0.15, 0.2) is 54.6 Å². The van der Waals surface area contributed by atoms with Crippen LogP contribution in [0.2, 0.25) is 10.0 Å². The maximum Gasteiger partial charge on any atom is 0.235 e. The van der Waals surface area contributed by atoms with Gasteiger partial charge in [-0.05, 0) is 49.1 Å². The number of nitrogens with one attached hydrogen (secondary N) is 1. The van der Waals surface area contributed by atoms with Gasteiger partial charge in [-0.1, -0.05) is 79.7 Å². The first-order valence-corrected chi connectivity index (χ1v) is 11.7. The van der Waals surface area contributed by atoms with Gasteiger partial charge in [0.05, 0.1) is 12.0 Å². The Morgan fingerprint density at radius 1 is 1.03 bits per heavy atom. The van der Waals surface area contributed by atoms with Crippen molar-refractivity contribution in [1.82, 2.24) is 0 Å². The van der Waals surface area contributed by atoms with Crippen molar-refractivity contribution in [3.63, 3.8) is 0 Å². The summed E-state index contributed by atoms with van der Waals surface area (Å²) in [7, 11) is 0. The Kier molecular flexibility index (Phi) is 6.74. The Morgan fingerprint density at radius 2 is 1.77 bits per heavy atom. The van der Waals surface area contributed by atoms with Crippen molar-refractivity contribution < 1.29 is 9.53 Å². The van der Waals surface area contributed by atoms with Crippen LogP contribution in [0.1, 0.15) is 51.0 Å². The van der Waals surface area contributed by atoms with Gasteiger partial charge in [0.2, 0.25) is 5.91 Å². The van der Waals surface area contributed by atoms with E-state index in [9.17, 15) is 4.79 Å². The lowest BCUT2D eigenvalue weighted by Gasteiger charge is -2.29. The van der Waals surface area contributed by atoms with Crippen LogP contribution in [-0.2, 0) is 10.2 Å². The summed E-state index contributed by atoms with van der Waals surface area (Å²) in [5, 5.41) is 6.32. The zero-order valence-corrected chi connectivity index (χ0v) is 19.2. The largest absolute Gasteiger partial charge is 0.493 e. The number of anilines is 1. The molecule has 4 rings (SSSR count). The highest BCUT2D eigenvalue weighted by Crippen LogP contribution is 2.45. The van der Waals surface area contributed by atoms with Gasteiger partial charge in [0.25, 0.3) is 0 Å². The molecular weight excluding hydrogens is 429 g/mol. The molecule has 0 spiro atoms. The van der Waals surface area contributed by atoms with Gasteiger partial charge in [-0.3, -0.25) is 4.79 Å². The Morgan fingerprint density at radius 3 is 2.48 bits per heavy atom. The number of amides is 1. The predicted octanol–water partition coefficient (Wildman–Crippen LogP) is 7.78. The average Bonchev–Trinajstić information content (AvgIpc) is 3.26. The first-order chi connectivity index (χ1) is 15.0. The standard InChI is InChI=1S/C26H27Cl2NO2/c1-2-3-16-31-24-13-12-23(19-8-4-5-9-20(19)24)29-25(30)26(14-6-7-15-26)21-11-10-18(27)17-22(21)28/h4-5,8-13,17H,2-3,6-7,14-16H2,1H3,(H,29,30). The Bertz CT molecular complexity index is 1090. The molecule has 3 aromatic rings. The van der Waals surface area contributed by atoms with Gasteiger partial charge in [-0.15, -0.1) is 0 Å². The third kappa shape index (κ3) is 4.40. The summed E-state index contributed by atoms with van der Waals surface area (Å²) in [4.78, 5) is 13.7. The van der Waals surface area contributed by atoms with Crippen LogP contribution in [0.3, 0.4) is 0 Å². The van der Waals surface area contributed by atoms with Crippen LogP contribution >= 0.6 is 23.2 Å². The van der Waals surface area contributed by atoms with Gasteiger partial charge in [0.1, 0.15) is 5.75 Å². The molecule has 1 N–H and O–H groups in total. The van der Waals surface area contributed by atoms with Gasteiger partial charge in [0.15, 0.2) is 0 Å². The number of benzene rings is 3. The Balaban J connectivity index is 1.68. The Labute approximate surface area is 193 Å². The van der Waals surface area contributed by atoms with Gasteiger partial charge in [-0.2, -0.15) is 0 Å². The molecule has 0 saturated heterocycles. The Hall–Kier alpha value is -2.23. The molecule has 0 bridgehead atoms. The van der Waals surface area contributed by atoms with E-state index < -0.39 is 5.41 Å². The van der Waals surface area contributed by atoms with Gasteiger partial charge < -0.3 is 10.1 Å². The lowest BCUT2D eigenvalue weighted by molar-refractivity contribution is -0.121. The molecule has 5 heteroatoms. The minimum Gasteiger partial charge on any atom is -0.493 e. The number of hydrogen-bond acceptors (Lipinski definition) is 2. The molecule has 3 nitrogen and oxygen atoms in total. The first-order valence-electron chi connectivity index (χ1n) is 11.0. The maximum atomic E-state index is 13.7. The smallest absolute Gasteiger partial charge is 0.235 e. The molecule has 31 heavy (non-hydrogen) atoms. The molecule has 0 atom stereocenters. The highest BCUT2D eigenvalue weighted by atomic mass is 35.5. The van der Waals surface area contributed by atoms with Crippen LogP contribution in [-0.4, -0.2) is 12.5 Å². The van der Waals surface area contributed by atoms with E-state index in [1.165, 1.54) is 0 Å². The second-order valence-electron chi connectivity index (χ2n) is 8.23. The summed E-state index contributed by atoms with van der Waals surface area (Å²) >= 11 is 12.6. The molecule has 1 amide bonds. The van der Waals surface area contributed by atoms with E-state index in [2.05, 4.69) is 12.2 Å². The van der Waals surface area contributed by atoms with Crippen molar-refractivity contribution in [3.05, 3.63) is 70.2 Å². The molecule has 1 aliphatic carbocycles. The maximum absolute atomic E-state index is 13.7. The summed E-state index contributed by atoms with van der Waals surface area (Å²) in [5.74, 6) is 0.831. The molecule has 1 fully saturated rings. The molecule has 3 aromatic carbocycles. The number of unbranched alkanes of at least 4 members (excludes halogenated alkanes) is 1. The second kappa shape index (κ2) is 9.50. The minimum atomic E-state index is -0.640. The molecule has 0 aromatic heterocycles. The van der Waals surface area contributed by atoms with Crippen molar-refractivity contribution in [2.24, 2.45) is 0 Å². The van der Waals surface area contributed by atoms with Crippen LogP contribution in [0, 0.1) is 0 Å².